The second-order valence-electron chi connectivity index (χ2n) is 13.8. The largest absolute Gasteiger partial charge is 0.256 e. The first-order valence-electron chi connectivity index (χ1n) is 16.2. The van der Waals surface area contributed by atoms with Crippen LogP contribution in [0.15, 0.2) is 115 Å². The molecule has 6 aromatic rings. The van der Waals surface area contributed by atoms with E-state index in [9.17, 15) is 0 Å². The molecular weight excluding hydrogens is 518 g/mol. The van der Waals surface area contributed by atoms with Crippen molar-refractivity contribution in [2.75, 3.05) is 0 Å². The Balaban J connectivity index is 1.28. The van der Waals surface area contributed by atoms with Gasteiger partial charge in [-0.15, -0.1) is 0 Å². The Morgan fingerprint density at radius 1 is 0.581 bits per heavy atom. The number of hydrogen-bond donors (Lipinski definition) is 0. The van der Waals surface area contributed by atoms with Crippen LogP contribution >= 0.6 is 0 Å². The summed E-state index contributed by atoms with van der Waals surface area (Å²) in [6.45, 7) is 5.07. The topological polar surface area (TPSA) is 12.9 Å². The van der Waals surface area contributed by atoms with Crippen molar-refractivity contribution in [3.8, 4) is 33.4 Å². The lowest BCUT2D eigenvalue weighted by Gasteiger charge is -2.54. The normalized spacial score (nSPS) is 25.6. The van der Waals surface area contributed by atoms with Gasteiger partial charge in [0, 0.05) is 22.6 Å². The predicted molar refractivity (Wildman–Crippen MR) is 180 cm³/mol. The minimum atomic E-state index is 0.0931. The molecule has 1 heterocycles. The lowest BCUT2D eigenvalue weighted by atomic mass is 9.49. The number of nitrogens with zero attached hydrogens (tertiary/aromatic N) is 1. The Morgan fingerprint density at radius 2 is 1.35 bits per heavy atom. The van der Waals surface area contributed by atoms with Crippen molar-refractivity contribution in [1.29, 1.82) is 0 Å². The quantitative estimate of drug-likeness (QED) is 0.207. The van der Waals surface area contributed by atoms with Crippen molar-refractivity contribution in [1.82, 2.24) is 4.98 Å². The second-order valence-corrected chi connectivity index (χ2v) is 13.8. The second kappa shape index (κ2) is 9.38. The van der Waals surface area contributed by atoms with E-state index in [1.807, 2.05) is 6.20 Å². The van der Waals surface area contributed by atoms with Crippen LogP contribution in [0, 0.1) is 23.7 Å². The highest BCUT2D eigenvalue weighted by Crippen LogP contribution is 2.65. The van der Waals surface area contributed by atoms with E-state index in [4.69, 9.17) is 4.98 Å². The zero-order valence-corrected chi connectivity index (χ0v) is 25.1. The molecule has 1 aromatic heterocycles. The molecule has 2 fully saturated rings. The number of rotatable bonds is 2. The average molecular weight is 556 g/mol. The number of fused-ring (bicyclic) bond motifs is 10. The minimum Gasteiger partial charge on any atom is -0.256 e. The Morgan fingerprint density at radius 3 is 2.21 bits per heavy atom. The third kappa shape index (κ3) is 3.61. The van der Waals surface area contributed by atoms with E-state index >= 15 is 0 Å². The first-order valence-corrected chi connectivity index (χ1v) is 16.2. The monoisotopic (exact) mass is 555 g/mol. The molecule has 9 rings (SSSR count). The first-order chi connectivity index (χ1) is 21.1. The van der Waals surface area contributed by atoms with Crippen LogP contribution in [0.2, 0.25) is 0 Å². The highest BCUT2D eigenvalue weighted by atomic mass is 14.7. The van der Waals surface area contributed by atoms with Crippen molar-refractivity contribution in [2.45, 2.75) is 44.9 Å². The van der Waals surface area contributed by atoms with Crippen LogP contribution < -0.4 is 0 Å². The molecule has 5 atom stereocenters. The van der Waals surface area contributed by atoms with E-state index in [2.05, 4.69) is 123 Å². The van der Waals surface area contributed by atoms with Gasteiger partial charge in [0.1, 0.15) is 0 Å². The molecule has 5 aromatic carbocycles. The Bertz CT molecular complexity index is 2030. The third-order valence-electron chi connectivity index (χ3n) is 11.4. The van der Waals surface area contributed by atoms with Gasteiger partial charge in [0.05, 0.1) is 5.52 Å². The molecule has 0 radical (unpaired) electrons. The number of aromatic nitrogens is 1. The summed E-state index contributed by atoms with van der Waals surface area (Å²) >= 11 is 0. The van der Waals surface area contributed by atoms with E-state index in [0.717, 1.165) is 17.4 Å². The molecule has 0 N–H and O–H groups in total. The molecule has 2 bridgehead atoms. The summed E-state index contributed by atoms with van der Waals surface area (Å²) in [7, 11) is 0. The number of benzene rings is 5. The molecule has 1 heteroatoms. The van der Waals surface area contributed by atoms with Crippen molar-refractivity contribution in [2.24, 2.45) is 23.7 Å². The maximum atomic E-state index is 4.97. The minimum absolute atomic E-state index is 0.0931. The van der Waals surface area contributed by atoms with E-state index in [-0.39, 0.29) is 5.41 Å². The van der Waals surface area contributed by atoms with Gasteiger partial charge in [-0.2, -0.15) is 0 Å². The first kappa shape index (κ1) is 25.3. The maximum absolute atomic E-state index is 4.97. The highest BCUT2D eigenvalue weighted by molar-refractivity contribution is 6.03. The van der Waals surface area contributed by atoms with E-state index < -0.39 is 0 Å². The summed E-state index contributed by atoms with van der Waals surface area (Å²) in [4.78, 5) is 4.97. The van der Waals surface area contributed by atoms with E-state index in [1.54, 1.807) is 11.1 Å². The molecule has 0 saturated heterocycles. The molecule has 3 aliphatic carbocycles. The standard InChI is InChI=1S/C42H37N/c1-26-19-28-21-27(2)42(33(20-26)22-28)39-17-14-32(24-37(39)38-23-30-11-6-7-12-31(30)25-40(38)42)35-16-15-34(29-9-4-3-5-10-29)36-13-8-18-43-41(35)36/h3-18,23-28,33H,19-22H2,1-2H3. The summed E-state index contributed by atoms with van der Waals surface area (Å²) < 4.78 is 0. The van der Waals surface area contributed by atoms with Gasteiger partial charge in [-0.3, -0.25) is 4.98 Å². The smallest absolute Gasteiger partial charge is 0.0786 e. The fraction of sp³-hybridized carbons (Fsp3) is 0.262. The zero-order valence-electron chi connectivity index (χ0n) is 25.1. The third-order valence-corrected chi connectivity index (χ3v) is 11.4. The van der Waals surface area contributed by atoms with Crippen LogP contribution in [0.1, 0.15) is 50.7 Å². The molecular formula is C42H37N. The SMILES string of the molecule is CC1CC2CC(C)C3(c4ccc(-c5ccc(-c6ccccc6)c6cccnc56)cc4-c4cc5ccccc5cc43)C(C1)C2. The molecule has 0 amide bonds. The molecule has 0 aliphatic heterocycles. The molecule has 210 valence electrons. The lowest BCUT2D eigenvalue weighted by Crippen LogP contribution is -2.49. The van der Waals surface area contributed by atoms with Gasteiger partial charge in [-0.25, -0.2) is 0 Å². The van der Waals surface area contributed by atoms with E-state index in [1.165, 1.54) is 75.2 Å². The fourth-order valence-electron chi connectivity index (χ4n) is 9.89. The average Bonchev–Trinajstić information content (AvgIpc) is 3.32. The summed E-state index contributed by atoms with van der Waals surface area (Å²) in [5.74, 6) is 3.01. The van der Waals surface area contributed by atoms with Gasteiger partial charge in [0.15, 0.2) is 0 Å². The van der Waals surface area contributed by atoms with Crippen molar-refractivity contribution in [3.05, 3.63) is 127 Å². The molecule has 43 heavy (non-hydrogen) atoms. The van der Waals surface area contributed by atoms with E-state index in [0.29, 0.717) is 11.8 Å². The zero-order chi connectivity index (χ0) is 28.7. The Labute approximate surface area is 254 Å². The summed E-state index contributed by atoms with van der Waals surface area (Å²) in [6, 6.07) is 41.1. The van der Waals surface area contributed by atoms with Crippen LogP contribution in [-0.2, 0) is 5.41 Å². The van der Waals surface area contributed by atoms with Crippen LogP contribution in [-0.4, -0.2) is 4.98 Å². The van der Waals surface area contributed by atoms with Gasteiger partial charge < -0.3 is 0 Å². The van der Waals surface area contributed by atoms with Gasteiger partial charge in [-0.1, -0.05) is 98.8 Å². The van der Waals surface area contributed by atoms with Gasteiger partial charge in [-0.05, 0) is 123 Å². The van der Waals surface area contributed by atoms with Gasteiger partial charge in [0.2, 0.25) is 0 Å². The van der Waals surface area contributed by atoms with Crippen molar-refractivity contribution >= 4 is 21.7 Å². The highest BCUT2D eigenvalue weighted by Gasteiger charge is 2.56. The summed E-state index contributed by atoms with van der Waals surface area (Å²) in [5.41, 5.74) is 12.2. The van der Waals surface area contributed by atoms with Crippen LogP contribution in [0.25, 0.3) is 55.1 Å². The fourth-order valence-corrected chi connectivity index (χ4v) is 9.89. The maximum Gasteiger partial charge on any atom is 0.0786 e. The van der Waals surface area contributed by atoms with Crippen molar-refractivity contribution < 1.29 is 0 Å². The lowest BCUT2D eigenvalue weighted by molar-refractivity contribution is 0.0427. The Kier molecular flexibility index (Phi) is 5.52. The summed E-state index contributed by atoms with van der Waals surface area (Å²) in [6.07, 6.45) is 7.40. The molecule has 3 aliphatic rings. The Hall–Kier alpha value is -4.23. The van der Waals surface area contributed by atoms with Crippen LogP contribution in [0.4, 0.5) is 0 Å². The van der Waals surface area contributed by atoms with Gasteiger partial charge >= 0.3 is 0 Å². The van der Waals surface area contributed by atoms with Crippen molar-refractivity contribution in [3.63, 3.8) is 0 Å². The molecule has 2 saturated carbocycles. The summed E-state index contributed by atoms with van der Waals surface area (Å²) in [5, 5.41) is 3.92. The molecule has 1 spiro atoms. The molecule has 1 nitrogen and oxygen atoms in total. The van der Waals surface area contributed by atoms with Crippen LogP contribution in [0.3, 0.4) is 0 Å². The van der Waals surface area contributed by atoms with Gasteiger partial charge in [0.25, 0.3) is 0 Å². The number of hydrogen-bond acceptors (Lipinski definition) is 1. The molecule has 5 unspecified atom stereocenters. The van der Waals surface area contributed by atoms with Crippen LogP contribution in [0.5, 0.6) is 0 Å². The predicted octanol–water partition coefficient (Wildman–Crippen LogP) is 11.1. The number of pyridine rings is 1.